The van der Waals surface area contributed by atoms with E-state index in [0.717, 1.165) is 19.7 Å². The molecule has 0 radical (unpaired) electrons. The van der Waals surface area contributed by atoms with Crippen LogP contribution in [0.15, 0.2) is 99.6 Å². The summed E-state index contributed by atoms with van der Waals surface area (Å²) in [7, 11) is 3.80. The van der Waals surface area contributed by atoms with Gasteiger partial charge in [-0.25, -0.2) is 0 Å². The first-order chi connectivity index (χ1) is 12.8. The summed E-state index contributed by atoms with van der Waals surface area (Å²) in [5.74, 6) is 0. The number of ether oxygens (including phenoxy) is 1. The van der Waals surface area contributed by atoms with E-state index in [1.165, 1.54) is 20.2 Å². The molecule has 0 amide bonds. The molecule has 0 unspecified atom stereocenters. The van der Waals surface area contributed by atoms with Crippen LogP contribution in [0.4, 0.5) is 0 Å². The lowest BCUT2D eigenvalue weighted by Gasteiger charge is -2.18. The average molecular weight is 365 g/mol. The highest BCUT2D eigenvalue weighted by Crippen LogP contribution is 2.33. The van der Waals surface area contributed by atoms with Crippen LogP contribution in [0.2, 0.25) is 0 Å². The molecular formula is C23H26NOS+. The second-order valence-corrected chi connectivity index (χ2v) is 8.27. The predicted octanol–water partition coefficient (Wildman–Crippen LogP) is 4.86. The zero-order chi connectivity index (χ0) is 18.2. The number of likely N-dealkylation sites (N-methyl/N-ethyl adjacent to an activating group) is 1. The number of methoxy groups -OCH3 is 1. The second kappa shape index (κ2) is 9.58. The first-order valence-corrected chi connectivity index (χ1v) is 10.1. The highest BCUT2D eigenvalue weighted by atomic mass is 32.2. The maximum Gasteiger partial charge on any atom is 0.171 e. The van der Waals surface area contributed by atoms with E-state index in [-0.39, 0.29) is 10.9 Å². The summed E-state index contributed by atoms with van der Waals surface area (Å²) in [5, 5.41) is 0. The van der Waals surface area contributed by atoms with Crippen LogP contribution >= 0.6 is 0 Å². The van der Waals surface area contributed by atoms with Gasteiger partial charge < -0.3 is 4.74 Å². The smallest absolute Gasteiger partial charge is 0.171 e. The molecule has 3 rings (SSSR count). The Morgan fingerprint density at radius 2 is 1.31 bits per heavy atom. The van der Waals surface area contributed by atoms with Crippen LogP contribution in [0, 0.1) is 0 Å². The molecule has 3 aromatic carbocycles. The summed E-state index contributed by atoms with van der Waals surface area (Å²) >= 11 is 0. The normalized spacial score (nSPS) is 11.2. The van der Waals surface area contributed by atoms with E-state index in [1.54, 1.807) is 7.11 Å². The molecule has 0 spiro atoms. The lowest BCUT2D eigenvalue weighted by molar-refractivity contribution is 0.158. The van der Waals surface area contributed by atoms with E-state index < -0.39 is 0 Å². The molecule has 2 nitrogen and oxygen atoms in total. The average Bonchev–Trinajstić information content (AvgIpc) is 2.69. The van der Waals surface area contributed by atoms with Crippen LogP contribution in [0.1, 0.15) is 5.56 Å². The predicted molar refractivity (Wildman–Crippen MR) is 110 cm³/mol. The van der Waals surface area contributed by atoms with Crippen LogP contribution in [-0.2, 0) is 22.2 Å². The SMILES string of the molecule is COCCN(C)Cc1ccccc1[S+](c1ccccc1)c1ccccc1. The van der Waals surface area contributed by atoms with Crippen molar-refractivity contribution in [1.29, 1.82) is 0 Å². The Morgan fingerprint density at radius 3 is 1.88 bits per heavy atom. The van der Waals surface area contributed by atoms with E-state index in [2.05, 4.69) is 96.9 Å². The fourth-order valence-electron chi connectivity index (χ4n) is 2.95. The second-order valence-electron chi connectivity index (χ2n) is 6.27. The molecular weight excluding hydrogens is 338 g/mol. The van der Waals surface area contributed by atoms with Crippen LogP contribution in [0.5, 0.6) is 0 Å². The first kappa shape index (κ1) is 18.7. The van der Waals surface area contributed by atoms with E-state index in [9.17, 15) is 0 Å². The molecule has 0 saturated heterocycles. The zero-order valence-corrected chi connectivity index (χ0v) is 16.3. The van der Waals surface area contributed by atoms with Crippen LogP contribution < -0.4 is 0 Å². The third-order valence-corrected chi connectivity index (χ3v) is 6.59. The summed E-state index contributed by atoms with van der Waals surface area (Å²) in [6, 6.07) is 30.5. The number of rotatable bonds is 8. The largest absolute Gasteiger partial charge is 0.383 e. The Labute approximate surface area is 159 Å². The van der Waals surface area contributed by atoms with Gasteiger partial charge in [0.2, 0.25) is 0 Å². The van der Waals surface area contributed by atoms with Crippen LogP contribution in [-0.4, -0.2) is 32.2 Å². The fourth-order valence-corrected chi connectivity index (χ4v) is 5.20. The molecule has 0 atom stereocenters. The summed E-state index contributed by atoms with van der Waals surface area (Å²) in [6.45, 7) is 2.60. The monoisotopic (exact) mass is 364 g/mol. The summed E-state index contributed by atoms with van der Waals surface area (Å²) in [4.78, 5) is 6.42. The van der Waals surface area contributed by atoms with Crippen LogP contribution in [0.3, 0.4) is 0 Å². The Balaban J connectivity index is 2.00. The summed E-state index contributed by atoms with van der Waals surface area (Å²) in [5.41, 5.74) is 1.38. The standard InChI is InChI=1S/C23H26NOS/c1-24(17-18-25-2)19-20-11-9-10-16-23(20)26(21-12-5-3-6-13-21)22-14-7-4-8-15-22/h3-16H,17-19H2,1-2H3/q+1. The van der Waals surface area contributed by atoms with Crippen molar-refractivity contribution in [3.63, 3.8) is 0 Å². The van der Waals surface area contributed by atoms with E-state index in [4.69, 9.17) is 4.74 Å². The Kier molecular flexibility index (Phi) is 6.89. The van der Waals surface area contributed by atoms with Gasteiger partial charge in [-0.1, -0.05) is 54.6 Å². The van der Waals surface area contributed by atoms with Gasteiger partial charge in [-0.2, -0.15) is 0 Å². The van der Waals surface area contributed by atoms with Crippen molar-refractivity contribution in [3.05, 3.63) is 90.5 Å². The quantitative estimate of drug-likeness (QED) is 0.529. The third-order valence-electron chi connectivity index (χ3n) is 4.27. The maximum atomic E-state index is 5.23. The molecule has 0 aliphatic rings. The van der Waals surface area contributed by atoms with Crippen molar-refractivity contribution in [2.75, 3.05) is 27.3 Å². The maximum absolute atomic E-state index is 5.23. The number of hydrogen-bond acceptors (Lipinski definition) is 2. The van der Waals surface area contributed by atoms with Gasteiger partial charge >= 0.3 is 0 Å². The summed E-state index contributed by atoms with van der Waals surface area (Å²) in [6.07, 6.45) is 0. The van der Waals surface area contributed by atoms with Gasteiger partial charge in [0.1, 0.15) is 0 Å². The first-order valence-electron chi connectivity index (χ1n) is 8.89. The Bertz CT molecular complexity index is 752. The molecule has 0 aromatic heterocycles. The molecule has 0 fully saturated rings. The minimum Gasteiger partial charge on any atom is -0.383 e. The molecule has 0 saturated carbocycles. The molecule has 0 N–H and O–H groups in total. The van der Waals surface area contributed by atoms with Gasteiger partial charge in [0.15, 0.2) is 14.7 Å². The summed E-state index contributed by atoms with van der Waals surface area (Å²) < 4.78 is 5.23. The van der Waals surface area contributed by atoms with Gasteiger partial charge in [0.25, 0.3) is 0 Å². The van der Waals surface area contributed by atoms with Gasteiger partial charge in [-0.3, -0.25) is 4.90 Å². The van der Waals surface area contributed by atoms with Gasteiger partial charge in [0.05, 0.1) is 17.5 Å². The van der Waals surface area contributed by atoms with Crippen molar-refractivity contribution >= 4 is 10.9 Å². The highest BCUT2D eigenvalue weighted by Gasteiger charge is 2.30. The fraction of sp³-hybridized carbons (Fsp3) is 0.217. The van der Waals surface area contributed by atoms with Gasteiger partial charge in [-0.15, -0.1) is 0 Å². The molecule has 3 heteroatoms. The van der Waals surface area contributed by atoms with Gasteiger partial charge in [0, 0.05) is 25.8 Å². The minimum absolute atomic E-state index is 0.106. The van der Waals surface area contributed by atoms with Crippen molar-refractivity contribution in [1.82, 2.24) is 4.90 Å². The number of benzene rings is 3. The molecule has 3 aromatic rings. The van der Waals surface area contributed by atoms with Crippen molar-refractivity contribution in [3.8, 4) is 0 Å². The van der Waals surface area contributed by atoms with Crippen LogP contribution in [0.25, 0.3) is 0 Å². The number of hydrogen-bond donors (Lipinski definition) is 0. The minimum atomic E-state index is -0.106. The zero-order valence-electron chi connectivity index (χ0n) is 15.5. The van der Waals surface area contributed by atoms with Crippen molar-refractivity contribution in [2.24, 2.45) is 0 Å². The topological polar surface area (TPSA) is 12.5 Å². The van der Waals surface area contributed by atoms with Gasteiger partial charge in [-0.05, 0) is 37.4 Å². The molecule has 26 heavy (non-hydrogen) atoms. The number of nitrogens with zero attached hydrogens (tertiary/aromatic N) is 1. The highest BCUT2D eigenvalue weighted by molar-refractivity contribution is 7.97. The Morgan fingerprint density at radius 1 is 0.769 bits per heavy atom. The molecule has 0 heterocycles. The lowest BCUT2D eigenvalue weighted by atomic mass is 10.2. The molecule has 0 aliphatic heterocycles. The third kappa shape index (κ3) is 4.76. The molecule has 0 aliphatic carbocycles. The lowest BCUT2D eigenvalue weighted by Crippen LogP contribution is -2.23. The van der Waals surface area contributed by atoms with E-state index >= 15 is 0 Å². The molecule has 0 bridgehead atoms. The van der Waals surface area contributed by atoms with Crippen molar-refractivity contribution < 1.29 is 4.74 Å². The van der Waals surface area contributed by atoms with E-state index in [1.807, 2.05) is 0 Å². The Hall–Kier alpha value is -2.07. The molecule has 134 valence electrons. The van der Waals surface area contributed by atoms with E-state index in [0.29, 0.717) is 0 Å². The van der Waals surface area contributed by atoms with Crippen molar-refractivity contribution in [2.45, 2.75) is 21.2 Å².